The minimum atomic E-state index is -4.60. The van der Waals surface area contributed by atoms with Crippen molar-refractivity contribution in [2.75, 3.05) is 7.11 Å². The molecule has 0 aromatic carbocycles. The van der Waals surface area contributed by atoms with Crippen molar-refractivity contribution in [1.82, 2.24) is 0 Å². The second kappa shape index (κ2) is 4.18. The van der Waals surface area contributed by atoms with E-state index >= 15 is 0 Å². The van der Waals surface area contributed by atoms with E-state index < -0.39 is 18.2 Å². The van der Waals surface area contributed by atoms with Crippen LogP contribution in [0.25, 0.3) is 0 Å². The molecule has 0 unspecified atom stereocenters. The fourth-order valence-corrected chi connectivity index (χ4v) is 0.446. The van der Waals surface area contributed by atoms with E-state index in [9.17, 15) is 13.2 Å². The normalized spacial score (nSPS) is 13.4. The predicted octanol–water partition coefficient (Wildman–Crippen LogP) is 1.93. The van der Waals surface area contributed by atoms with Gasteiger partial charge in [0.25, 0.3) is 0 Å². The van der Waals surface area contributed by atoms with E-state index in [4.69, 9.17) is 0 Å². The van der Waals surface area contributed by atoms with E-state index in [-0.39, 0.29) is 0 Å². The number of alkyl halides is 3. The average molecular weight is 185 g/mol. The van der Waals surface area contributed by atoms with Gasteiger partial charge < -0.3 is 9.57 Å². The van der Waals surface area contributed by atoms with Crippen LogP contribution in [0.15, 0.2) is 5.16 Å². The predicted molar refractivity (Wildman–Crippen MR) is 36.7 cm³/mol. The highest BCUT2D eigenvalue weighted by atomic mass is 19.4. The Labute approximate surface area is 68.1 Å². The third-order valence-corrected chi connectivity index (χ3v) is 0.764. The number of hydrogen-bond donors (Lipinski definition) is 0. The van der Waals surface area contributed by atoms with Gasteiger partial charge in [0.1, 0.15) is 7.11 Å². The first-order valence-corrected chi connectivity index (χ1v) is 3.23. The fraction of sp³-hybridized carbons (Fsp3) is 0.833. The summed E-state index contributed by atoms with van der Waals surface area (Å²) >= 11 is 0. The summed E-state index contributed by atoms with van der Waals surface area (Å²) in [6.07, 6.45) is -5.18. The first-order chi connectivity index (χ1) is 5.38. The number of rotatable bonds is 2. The molecule has 0 radical (unpaired) electrons. The Morgan fingerprint density at radius 2 is 1.83 bits per heavy atom. The molecular formula is C6H10F3NO2. The molecule has 0 N–H and O–H groups in total. The van der Waals surface area contributed by atoms with Crippen molar-refractivity contribution >= 4 is 5.90 Å². The van der Waals surface area contributed by atoms with E-state index in [1.807, 2.05) is 0 Å². The third-order valence-electron chi connectivity index (χ3n) is 0.764. The highest BCUT2D eigenvalue weighted by Gasteiger charge is 2.39. The van der Waals surface area contributed by atoms with E-state index in [0.29, 0.717) is 0 Å². The van der Waals surface area contributed by atoms with Crippen LogP contribution in [0.4, 0.5) is 13.2 Å². The zero-order chi connectivity index (χ0) is 9.78. The van der Waals surface area contributed by atoms with Gasteiger partial charge in [0.2, 0.25) is 0 Å². The van der Waals surface area contributed by atoms with Crippen LogP contribution in [0.1, 0.15) is 13.8 Å². The van der Waals surface area contributed by atoms with Crippen molar-refractivity contribution in [3.63, 3.8) is 0 Å². The summed E-state index contributed by atoms with van der Waals surface area (Å²) in [6, 6.07) is 0. The molecule has 0 aliphatic rings. The Balaban J connectivity index is 4.35. The highest BCUT2D eigenvalue weighted by Crippen LogP contribution is 2.19. The Morgan fingerprint density at radius 3 is 2.08 bits per heavy atom. The molecule has 6 heteroatoms. The third kappa shape index (κ3) is 4.05. The van der Waals surface area contributed by atoms with Gasteiger partial charge in [0.05, 0.1) is 6.10 Å². The van der Waals surface area contributed by atoms with Gasteiger partial charge in [-0.3, -0.25) is 0 Å². The lowest BCUT2D eigenvalue weighted by Crippen LogP contribution is -2.28. The first-order valence-electron chi connectivity index (χ1n) is 3.23. The zero-order valence-corrected chi connectivity index (χ0v) is 6.97. The molecule has 0 atom stereocenters. The lowest BCUT2D eigenvalue weighted by molar-refractivity contribution is -0.0859. The molecule has 0 fully saturated rings. The summed E-state index contributed by atoms with van der Waals surface area (Å²) in [5.74, 6) is -1.36. The summed E-state index contributed by atoms with van der Waals surface area (Å²) < 4.78 is 40.2. The fourth-order valence-electron chi connectivity index (χ4n) is 0.446. The Hall–Kier alpha value is -0.940. The molecule has 72 valence electrons. The number of hydrogen-bond acceptors (Lipinski definition) is 3. The quantitative estimate of drug-likeness (QED) is 0.374. The molecule has 0 heterocycles. The molecule has 0 saturated heterocycles. The van der Waals surface area contributed by atoms with Crippen molar-refractivity contribution < 1.29 is 22.7 Å². The molecule has 0 aromatic heterocycles. The number of ether oxygens (including phenoxy) is 1. The molecule has 3 nitrogen and oxygen atoms in total. The van der Waals surface area contributed by atoms with Gasteiger partial charge in [0, 0.05) is 0 Å². The summed E-state index contributed by atoms with van der Waals surface area (Å²) in [7, 11) is 1.02. The van der Waals surface area contributed by atoms with Crippen LogP contribution in [-0.4, -0.2) is 25.3 Å². The second-order valence-electron chi connectivity index (χ2n) is 2.24. The Bertz CT molecular complexity index is 165. The van der Waals surface area contributed by atoms with Gasteiger partial charge in [-0.25, -0.2) is 0 Å². The van der Waals surface area contributed by atoms with Crippen LogP contribution < -0.4 is 0 Å². The van der Waals surface area contributed by atoms with Crippen LogP contribution in [0.2, 0.25) is 0 Å². The highest BCUT2D eigenvalue weighted by molar-refractivity contribution is 5.81. The van der Waals surface area contributed by atoms with Crippen LogP contribution in [0.5, 0.6) is 0 Å². The average Bonchev–Trinajstić information content (AvgIpc) is 1.83. The van der Waals surface area contributed by atoms with Crippen LogP contribution >= 0.6 is 0 Å². The molecule has 0 aliphatic carbocycles. The van der Waals surface area contributed by atoms with Gasteiger partial charge in [0.15, 0.2) is 0 Å². The standard InChI is InChI=1S/C6H10F3NO2/c1-4(2)12-5(10-11-3)6(7,8)9/h4H,1-3H3/b10-5-. The van der Waals surface area contributed by atoms with Gasteiger partial charge >= 0.3 is 12.1 Å². The SMILES string of the molecule is CO/N=C(\OC(C)C)C(F)(F)F. The summed E-state index contributed by atoms with van der Waals surface area (Å²) in [6.45, 7) is 2.94. The van der Waals surface area contributed by atoms with Crippen molar-refractivity contribution in [3.8, 4) is 0 Å². The lowest BCUT2D eigenvalue weighted by Gasteiger charge is -2.13. The molecular weight excluding hydrogens is 175 g/mol. The Kier molecular flexibility index (Phi) is 3.85. The van der Waals surface area contributed by atoms with Gasteiger partial charge in [-0.05, 0) is 19.0 Å². The molecule has 0 spiro atoms. The monoisotopic (exact) mass is 185 g/mol. The van der Waals surface area contributed by atoms with Gasteiger partial charge in [-0.2, -0.15) is 13.2 Å². The molecule has 0 rings (SSSR count). The van der Waals surface area contributed by atoms with Gasteiger partial charge in [-0.1, -0.05) is 0 Å². The van der Waals surface area contributed by atoms with E-state index in [1.165, 1.54) is 13.8 Å². The van der Waals surface area contributed by atoms with E-state index in [1.54, 1.807) is 0 Å². The van der Waals surface area contributed by atoms with Gasteiger partial charge in [-0.15, -0.1) is 0 Å². The molecule has 0 saturated carbocycles. The lowest BCUT2D eigenvalue weighted by atomic mass is 10.5. The molecule has 0 aliphatic heterocycles. The minimum Gasteiger partial charge on any atom is -0.469 e. The molecule has 12 heavy (non-hydrogen) atoms. The van der Waals surface area contributed by atoms with Crippen molar-refractivity contribution in [1.29, 1.82) is 0 Å². The van der Waals surface area contributed by atoms with Crippen molar-refractivity contribution in [3.05, 3.63) is 0 Å². The van der Waals surface area contributed by atoms with Crippen molar-refractivity contribution in [2.24, 2.45) is 5.16 Å². The van der Waals surface area contributed by atoms with Crippen LogP contribution in [0, 0.1) is 0 Å². The second-order valence-corrected chi connectivity index (χ2v) is 2.24. The van der Waals surface area contributed by atoms with Crippen molar-refractivity contribution in [2.45, 2.75) is 26.1 Å². The largest absolute Gasteiger partial charge is 0.471 e. The number of oxime groups is 1. The van der Waals surface area contributed by atoms with E-state index in [0.717, 1.165) is 7.11 Å². The maximum absolute atomic E-state index is 11.9. The maximum atomic E-state index is 11.9. The minimum absolute atomic E-state index is 0.583. The maximum Gasteiger partial charge on any atom is 0.471 e. The number of halogens is 3. The first kappa shape index (κ1) is 11.1. The smallest absolute Gasteiger partial charge is 0.469 e. The van der Waals surface area contributed by atoms with E-state index in [2.05, 4.69) is 14.7 Å². The molecule has 0 amide bonds. The molecule has 0 aromatic rings. The van der Waals surface area contributed by atoms with Crippen LogP contribution in [0.3, 0.4) is 0 Å². The van der Waals surface area contributed by atoms with Crippen LogP contribution in [-0.2, 0) is 9.57 Å². The topological polar surface area (TPSA) is 30.8 Å². The summed E-state index contributed by atoms with van der Waals surface area (Å²) in [4.78, 5) is 3.97. The zero-order valence-electron chi connectivity index (χ0n) is 6.97. The number of nitrogens with zero attached hydrogens (tertiary/aromatic N) is 1. The summed E-state index contributed by atoms with van der Waals surface area (Å²) in [5, 5.41) is 2.70. The Morgan fingerprint density at radius 1 is 1.33 bits per heavy atom. The molecule has 0 bridgehead atoms. The summed E-state index contributed by atoms with van der Waals surface area (Å²) in [5.41, 5.74) is 0.